The molecule has 1 atom stereocenters. The van der Waals surface area contributed by atoms with E-state index in [0.717, 1.165) is 34.0 Å². The Morgan fingerprint density at radius 2 is 1.79 bits per heavy atom. The number of nitrogens with zero attached hydrogens (tertiary/aromatic N) is 4. The normalized spacial score (nSPS) is 16.7. The standard InChI is InChI=1S/C24H22N4O3S2/c29-33(30,17-18-6-2-1-3-7-18)28-15-5-9-22(28)24-27-26-23(32-24)19-10-12-20(13-11-19)31-21-8-4-14-25-16-21/h1-4,6-8,10-14,16,22H,5,9,15,17H2. The number of sulfonamides is 1. The molecule has 1 unspecified atom stereocenters. The second kappa shape index (κ2) is 9.38. The van der Waals surface area contributed by atoms with Crippen molar-refractivity contribution in [2.75, 3.05) is 6.54 Å². The first-order chi connectivity index (χ1) is 16.1. The fourth-order valence-corrected chi connectivity index (χ4v) is 6.73. The Balaban J connectivity index is 1.31. The molecule has 0 N–H and O–H groups in total. The predicted molar refractivity (Wildman–Crippen MR) is 127 cm³/mol. The van der Waals surface area contributed by atoms with Crippen LogP contribution in [0.2, 0.25) is 0 Å². The van der Waals surface area contributed by atoms with E-state index in [9.17, 15) is 8.42 Å². The van der Waals surface area contributed by atoms with Crippen LogP contribution in [0.5, 0.6) is 11.5 Å². The Morgan fingerprint density at radius 1 is 0.970 bits per heavy atom. The molecule has 0 spiro atoms. The maximum absolute atomic E-state index is 13.1. The van der Waals surface area contributed by atoms with E-state index in [0.29, 0.717) is 18.0 Å². The molecule has 5 rings (SSSR count). The molecule has 9 heteroatoms. The Morgan fingerprint density at radius 3 is 2.55 bits per heavy atom. The zero-order valence-corrected chi connectivity index (χ0v) is 19.4. The van der Waals surface area contributed by atoms with E-state index in [1.165, 1.54) is 11.3 Å². The summed E-state index contributed by atoms with van der Waals surface area (Å²) in [7, 11) is -3.45. The van der Waals surface area contributed by atoms with Crippen molar-refractivity contribution in [3.05, 3.63) is 89.7 Å². The Kier molecular flexibility index (Phi) is 6.17. The molecular formula is C24H22N4O3S2. The Labute approximate surface area is 196 Å². The molecule has 0 saturated carbocycles. The fraction of sp³-hybridized carbons (Fsp3) is 0.208. The molecule has 33 heavy (non-hydrogen) atoms. The van der Waals surface area contributed by atoms with Gasteiger partial charge in [-0.05, 0) is 54.8 Å². The van der Waals surface area contributed by atoms with Gasteiger partial charge < -0.3 is 4.74 Å². The van der Waals surface area contributed by atoms with Gasteiger partial charge in [-0.2, -0.15) is 4.31 Å². The molecule has 1 saturated heterocycles. The molecule has 0 amide bonds. The molecule has 7 nitrogen and oxygen atoms in total. The van der Waals surface area contributed by atoms with Gasteiger partial charge in [0.05, 0.1) is 18.0 Å². The predicted octanol–water partition coefficient (Wildman–Crippen LogP) is 5.06. The SMILES string of the molecule is O=S(=O)(Cc1ccccc1)N1CCCC1c1nnc(-c2ccc(Oc3cccnc3)cc2)s1. The van der Waals surface area contributed by atoms with Crippen LogP contribution in [-0.4, -0.2) is 34.4 Å². The summed E-state index contributed by atoms with van der Waals surface area (Å²) in [6, 6.07) is 20.3. The highest BCUT2D eigenvalue weighted by Crippen LogP contribution is 2.38. The summed E-state index contributed by atoms with van der Waals surface area (Å²) in [6.45, 7) is 0.509. The highest BCUT2D eigenvalue weighted by atomic mass is 32.2. The van der Waals surface area contributed by atoms with Crippen LogP contribution in [0.25, 0.3) is 10.6 Å². The first kappa shape index (κ1) is 21.7. The second-order valence-corrected chi connectivity index (χ2v) is 10.7. The van der Waals surface area contributed by atoms with Crippen molar-refractivity contribution < 1.29 is 13.2 Å². The largest absolute Gasteiger partial charge is 0.456 e. The summed E-state index contributed by atoms with van der Waals surface area (Å²) < 4.78 is 33.6. The first-order valence-corrected chi connectivity index (χ1v) is 13.1. The molecule has 0 radical (unpaired) electrons. The lowest BCUT2D eigenvalue weighted by molar-refractivity contribution is 0.393. The van der Waals surface area contributed by atoms with E-state index in [-0.39, 0.29) is 11.8 Å². The van der Waals surface area contributed by atoms with Crippen LogP contribution in [-0.2, 0) is 15.8 Å². The monoisotopic (exact) mass is 478 g/mol. The molecule has 1 aliphatic heterocycles. The van der Waals surface area contributed by atoms with Crippen LogP contribution in [0.4, 0.5) is 0 Å². The van der Waals surface area contributed by atoms with Crippen LogP contribution in [0, 0.1) is 0 Å². The van der Waals surface area contributed by atoms with Crippen LogP contribution in [0.3, 0.4) is 0 Å². The summed E-state index contributed by atoms with van der Waals surface area (Å²) in [5, 5.41) is 10.2. The summed E-state index contributed by atoms with van der Waals surface area (Å²) in [5.74, 6) is 1.36. The van der Waals surface area contributed by atoms with Crippen LogP contribution in [0.1, 0.15) is 29.5 Å². The van der Waals surface area contributed by atoms with Crippen molar-refractivity contribution in [2.45, 2.75) is 24.6 Å². The molecule has 2 aromatic carbocycles. The van der Waals surface area contributed by atoms with Crippen molar-refractivity contribution in [2.24, 2.45) is 0 Å². The van der Waals surface area contributed by atoms with Gasteiger partial charge in [0.1, 0.15) is 21.5 Å². The van der Waals surface area contributed by atoms with Crippen molar-refractivity contribution in [1.29, 1.82) is 0 Å². The highest BCUT2D eigenvalue weighted by Gasteiger charge is 2.37. The van der Waals surface area contributed by atoms with Gasteiger partial charge in [0, 0.05) is 18.3 Å². The maximum Gasteiger partial charge on any atom is 0.218 e. The summed E-state index contributed by atoms with van der Waals surface area (Å²) in [6.07, 6.45) is 4.92. The minimum atomic E-state index is -3.45. The molecule has 4 aromatic rings. The molecule has 1 aliphatic rings. The van der Waals surface area contributed by atoms with Crippen molar-refractivity contribution >= 4 is 21.4 Å². The van der Waals surface area contributed by atoms with Crippen LogP contribution < -0.4 is 4.74 Å². The quantitative estimate of drug-likeness (QED) is 0.369. The maximum atomic E-state index is 13.1. The van der Waals surface area contributed by atoms with Gasteiger partial charge in [-0.3, -0.25) is 4.98 Å². The topological polar surface area (TPSA) is 85.3 Å². The lowest BCUT2D eigenvalue weighted by atomic mass is 10.2. The second-order valence-electron chi connectivity index (χ2n) is 7.77. The smallest absolute Gasteiger partial charge is 0.218 e. The molecule has 0 aliphatic carbocycles. The molecule has 2 aromatic heterocycles. The molecule has 3 heterocycles. The van der Waals surface area contributed by atoms with Gasteiger partial charge in [-0.1, -0.05) is 41.7 Å². The van der Waals surface area contributed by atoms with E-state index in [1.807, 2.05) is 66.7 Å². The highest BCUT2D eigenvalue weighted by molar-refractivity contribution is 7.88. The van der Waals surface area contributed by atoms with Gasteiger partial charge in [-0.15, -0.1) is 10.2 Å². The van der Waals surface area contributed by atoms with Gasteiger partial charge in [0.15, 0.2) is 0 Å². The molecule has 1 fully saturated rings. The van der Waals surface area contributed by atoms with Gasteiger partial charge >= 0.3 is 0 Å². The molecule has 168 valence electrons. The summed E-state index contributed by atoms with van der Waals surface area (Å²) in [4.78, 5) is 4.04. The van der Waals surface area contributed by atoms with Crippen molar-refractivity contribution in [1.82, 2.24) is 19.5 Å². The lowest BCUT2D eigenvalue weighted by Crippen LogP contribution is -2.31. The number of ether oxygens (including phenoxy) is 1. The summed E-state index contributed by atoms with van der Waals surface area (Å²) >= 11 is 1.44. The fourth-order valence-electron chi connectivity index (χ4n) is 3.88. The number of hydrogen-bond acceptors (Lipinski definition) is 7. The first-order valence-electron chi connectivity index (χ1n) is 10.6. The number of aromatic nitrogens is 3. The minimum absolute atomic E-state index is 0.00556. The van der Waals surface area contributed by atoms with Crippen molar-refractivity contribution in [3.8, 4) is 22.1 Å². The van der Waals surface area contributed by atoms with Gasteiger partial charge in [-0.25, -0.2) is 8.42 Å². The zero-order valence-electron chi connectivity index (χ0n) is 17.7. The van der Waals surface area contributed by atoms with E-state index in [2.05, 4.69) is 15.2 Å². The number of rotatable bonds is 7. The lowest BCUT2D eigenvalue weighted by Gasteiger charge is -2.22. The summed E-state index contributed by atoms with van der Waals surface area (Å²) in [5.41, 5.74) is 1.70. The third kappa shape index (κ3) is 4.95. The van der Waals surface area contributed by atoms with Gasteiger partial charge in [0.25, 0.3) is 0 Å². The third-order valence-electron chi connectivity index (χ3n) is 5.45. The average Bonchev–Trinajstić information content (AvgIpc) is 3.51. The Bertz CT molecular complexity index is 1310. The van der Waals surface area contributed by atoms with E-state index in [1.54, 1.807) is 16.7 Å². The number of hydrogen-bond donors (Lipinski definition) is 0. The van der Waals surface area contributed by atoms with E-state index < -0.39 is 10.0 Å². The average molecular weight is 479 g/mol. The van der Waals surface area contributed by atoms with E-state index in [4.69, 9.17) is 4.74 Å². The van der Waals surface area contributed by atoms with Gasteiger partial charge in [0.2, 0.25) is 10.0 Å². The third-order valence-corrected chi connectivity index (χ3v) is 8.37. The number of benzene rings is 2. The minimum Gasteiger partial charge on any atom is -0.456 e. The van der Waals surface area contributed by atoms with Crippen molar-refractivity contribution in [3.63, 3.8) is 0 Å². The number of pyridine rings is 1. The van der Waals surface area contributed by atoms with Crippen LogP contribution in [0.15, 0.2) is 79.1 Å². The Hall–Kier alpha value is -3.14. The van der Waals surface area contributed by atoms with E-state index >= 15 is 0 Å². The molecule has 0 bridgehead atoms. The zero-order chi connectivity index (χ0) is 22.7. The molecular weight excluding hydrogens is 456 g/mol. The van der Waals surface area contributed by atoms with Crippen LogP contribution >= 0.6 is 11.3 Å².